The van der Waals surface area contributed by atoms with Crippen LogP contribution >= 0.6 is 23.1 Å². The number of fused-ring (bicyclic) bond motifs is 1. The van der Waals surface area contributed by atoms with Crippen molar-refractivity contribution in [2.75, 3.05) is 18.4 Å². The molecule has 1 aliphatic rings. The lowest BCUT2D eigenvalue weighted by molar-refractivity contribution is -0.121. The Morgan fingerprint density at radius 3 is 2.74 bits per heavy atom. The number of para-hydroxylation sites is 2. The number of benzene rings is 2. The highest BCUT2D eigenvalue weighted by Crippen LogP contribution is 2.34. The molecule has 0 saturated carbocycles. The number of aryl methyl sites for hydroxylation is 1. The number of carbonyl (C=O) groups is 2. The molecule has 3 heterocycles. The molecule has 1 saturated heterocycles. The number of likely N-dealkylation sites (tertiary alicyclic amines) is 1. The van der Waals surface area contributed by atoms with Crippen LogP contribution in [-0.2, 0) is 10.5 Å². The monoisotopic (exact) mass is 492 g/mol. The third kappa shape index (κ3) is 4.85. The van der Waals surface area contributed by atoms with Crippen LogP contribution in [-0.4, -0.2) is 40.0 Å². The number of piperidine rings is 1. The van der Waals surface area contributed by atoms with Gasteiger partial charge in [-0.25, -0.2) is 0 Å². The average Bonchev–Trinajstić information content (AvgIpc) is 3.46. The number of amides is 2. The molecule has 5 rings (SSSR count). The number of carbonyl (C=O) groups excluding carboxylic acids is 2. The summed E-state index contributed by atoms with van der Waals surface area (Å²) in [5.74, 6) is 0.412. The van der Waals surface area contributed by atoms with Crippen molar-refractivity contribution in [3.8, 4) is 0 Å². The van der Waals surface area contributed by atoms with Gasteiger partial charge in [-0.1, -0.05) is 59.5 Å². The lowest BCUT2D eigenvalue weighted by Gasteiger charge is -2.31. The first-order valence-electron chi connectivity index (χ1n) is 11.2. The Morgan fingerprint density at radius 1 is 1.15 bits per heavy atom. The summed E-state index contributed by atoms with van der Waals surface area (Å²) in [4.78, 5) is 28.2. The average molecular weight is 493 g/mol. The molecule has 2 aromatic carbocycles. The number of hydrogen-bond acceptors (Lipinski definition) is 7. The summed E-state index contributed by atoms with van der Waals surface area (Å²) >= 11 is 3.08. The van der Waals surface area contributed by atoms with Gasteiger partial charge in [0.1, 0.15) is 10.6 Å². The fourth-order valence-corrected chi connectivity index (χ4v) is 6.01. The molecule has 1 fully saturated rings. The highest BCUT2D eigenvalue weighted by molar-refractivity contribution is 8.00. The van der Waals surface area contributed by atoms with E-state index >= 15 is 0 Å². The van der Waals surface area contributed by atoms with Crippen LogP contribution in [0.3, 0.4) is 0 Å². The standard InChI is InChI=1S/C25H24N4O3S2/c1-16-27-28-25(34-16)33-15-20-19-11-5-6-12-21(19)32-22(20)24(31)29-13-7-8-17(14-29)23(30)26-18-9-3-2-4-10-18/h2-6,9-12,17H,7-8,13-15H2,1H3,(H,26,30). The molecule has 1 N–H and O–H groups in total. The van der Waals surface area contributed by atoms with Gasteiger partial charge in [-0.15, -0.1) is 10.2 Å². The maximum absolute atomic E-state index is 13.6. The predicted octanol–water partition coefficient (Wildman–Crippen LogP) is 5.38. The van der Waals surface area contributed by atoms with Gasteiger partial charge in [0.2, 0.25) is 5.91 Å². The fraction of sp³-hybridized carbons (Fsp3) is 0.280. The molecule has 0 aliphatic carbocycles. The summed E-state index contributed by atoms with van der Waals surface area (Å²) in [5, 5.41) is 13.1. The molecule has 34 heavy (non-hydrogen) atoms. The molecule has 0 bridgehead atoms. The number of rotatable bonds is 6. The van der Waals surface area contributed by atoms with Crippen molar-refractivity contribution >= 4 is 51.6 Å². The van der Waals surface area contributed by atoms with E-state index in [0.29, 0.717) is 30.2 Å². The Hall–Kier alpha value is -3.17. The number of aromatic nitrogens is 2. The van der Waals surface area contributed by atoms with Crippen LogP contribution in [0.25, 0.3) is 11.0 Å². The van der Waals surface area contributed by atoms with E-state index in [1.54, 1.807) is 16.7 Å². The summed E-state index contributed by atoms with van der Waals surface area (Å²) < 4.78 is 6.92. The molecule has 7 nitrogen and oxygen atoms in total. The highest BCUT2D eigenvalue weighted by atomic mass is 32.2. The smallest absolute Gasteiger partial charge is 0.289 e. The number of anilines is 1. The van der Waals surface area contributed by atoms with Crippen LogP contribution in [0, 0.1) is 12.8 Å². The van der Waals surface area contributed by atoms with Crippen LogP contribution < -0.4 is 5.32 Å². The first-order chi connectivity index (χ1) is 16.6. The van der Waals surface area contributed by atoms with Crippen molar-refractivity contribution in [2.45, 2.75) is 29.9 Å². The number of nitrogens with one attached hydrogen (secondary N) is 1. The van der Waals surface area contributed by atoms with Gasteiger partial charge in [-0.05, 0) is 38.0 Å². The minimum absolute atomic E-state index is 0.0595. The van der Waals surface area contributed by atoms with Crippen molar-refractivity contribution in [2.24, 2.45) is 5.92 Å². The number of hydrogen-bond donors (Lipinski definition) is 1. The summed E-state index contributed by atoms with van der Waals surface area (Å²) in [6, 6.07) is 17.1. The normalized spacial score (nSPS) is 16.0. The molecular formula is C25H24N4O3S2. The van der Waals surface area contributed by atoms with E-state index in [9.17, 15) is 9.59 Å². The van der Waals surface area contributed by atoms with E-state index in [-0.39, 0.29) is 17.7 Å². The van der Waals surface area contributed by atoms with Gasteiger partial charge in [0.25, 0.3) is 5.91 Å². The largest absolute Gasteiger partial charge is 0.451 e. The molecule has 1 aliphatic heterocycles. The van der Waals surface area contributed by atoms with Crippen LogP contribution in [0.4, 0.5) is 5.69 Å². The van der Waals surface area contributed by atoms with Crippen molar-refractivity contribution in [3.63, 3.8) is 0 Å². The third-order valence-corrected chi connectivity index (χ3v) is 7.86. The third-order valence-electron chi connectivity index (χ3n) is 5.86. The lowest BCUT2D eigenvalue weighted by atomic mass is 9.96. The van der Waals surface area contributed by atoms with Gasteiger partial charge in [-0.2, -0.15) is 0 Å². The molecule has 1 unspecified atom stereocenters. The summed E-state index contributed by atoms with van der Waals surface area (Å²) in [6.45, 7) is 2.90. The second-order valence-electron chi connectivity index (χ2n) is 8.23. The van der Waals surface area contributed by atoms with E-state index in [4.69, 9.17) is 4.42 Å². The van der Waals surface area contributed by atoms with Crippen LogP contribution in [0.2, 0.25) is 0 Å². The zero-order chi connectivity index (χ0) is 23.5. The second kappa shape index (κ2) is 9.99. The Morgan fingerprint density at radius 2 is 1.94 bits per heavy atom. The van der Waals surface area contributed by atoms with Crippen molar-refractivity contribution < 1.29 is 14.0 Å². The lowest BCUT2D eigenvalue weighted by Crippen LogP contribution is -2.43. The summed E-state index contributed by atoms with van der Waals surface area (Å²) in [5.41, 5.74) is 2.30. The first-order valence-corrected chi connectivity index (χ1v) is 13.0. The summed E-state index contributed by atoms with van der Waals surface area (Å²) in [6.07, 6.45) is 1.52. The van der Waals surface area contributed by atoms with Gasteiger partial charge in [0.15, 0.2) is 10.1 Å². The Bertz CT molecular complexity index is 1320. The van der Waals surface area contributed by atoms with Crippen LogP contribution in [0.15, 0.2) is 63.4 Å². The van der Waals surface area contributed by atoms with Crippen LogP contribution in [0.1, 0.15) is 34.0 Å². The van der Waals surface area contributed by atoms with Gasteiger partial charge in [-0.3, -0.25) is 9.59 Å². The molecular weight excluding hydrogens is 468 g/mol. The molecule has 1 atom stereocenters. The van der Waals surface area contributed by atoms with Gasteiger partial charge in [0, 0.05) is 35.5 Å². The second-order valence-corrected chi connectivity index (χ2v) is 10.6. The Labute approximate surface area is 205 Å². The van der Waals surface area contributed by atoms with E-state index in [2.05, 4.69) is 15.5 Å². The molecule has 9 heteroatoms. The SMILES string of the molecule is Cc1nnc(SCc2c(C(=O)N3CCCC(C(=O)Nc4ccccc4)C3)oc3ccccc23)s1. The number of furan rings is 1. The molecule has 0 spiro atoms. The maximum atomic E-state index is 13.6. The maximum Gasteiger partial charge on any atom is 0.289 e. The Balaban J connectivity index is 1.35. The van der Waals surface area contributed by atoms with Gasteiger partial charge < -0.3 is 14.6 Å². The number of thioether (sulfide) groups is 1. The van der Waals surface area contributed by atoms with E-state index in [1.807, 2.05) is 61.5 Å². The quantitative estimate of drug-likeness (QED) is 0.364. The van der Waals surface area contributed by atoms with Crippen molar-refractivity contribution in [1.29, 1.82) is 0 Å². The molecule has 0 radical (unpaired) electrons. The van der Waals surface area contributed by atoms with Gasteiger partial charge in [0.05, 0.1) is 5.92 Å². The molecule has 2 aromatic heterocycles. The minimum atomic E-state index is -0.260. The zero-order valence-electron chi connectivity index (χ0n) is 18.7. The summed E-state index contributed by atoms with van der Waals surface area (Å²) in [7, 11) is 0. The Kier molecular flexibility index (Phi) is 6.64. The van der Waals surface area contributed by atoms with E-state index in [1.165, 1.54) is 11.3 Å². The zero-order valence-corrected chi connectivity index (χ0v) is 20.3. The van der Waals surface area contributed by atoms with Crippen LogP contribution in [0.5, 0.6) is 0 Å². The predicted molar refractivity (Wildman–Crippen MR) is 134 cm³/mol. The molecule has 4 aromatic rings. The van der Waals surface area contributed by atoms with Gasteiger partial charge >= 0.3 is 0 Å². The highest BCUT2D eigenvalue weighted by Gasteiger charge is 2.32. The number of nitrogens with zero attached hydrogens (tertiary/aromatic N) is 3. The first kappa shape index (κ1) is 22.6. The molecule has 2 amide bonds. The topological polar surface area (TPSA) is 88.3 Å². The van der Waals surface area contributed by atoms with E-state index in [0.717, 1.165) is 38.8 Å². The van der Waals surface area contributed by atoms with Crippen molar-refractivity contribution in [1.82, 2.24) is 15.1 Å². The molecule has 174 valence electrons. The fourth-order valence-electron chi connectivity index (χ4n) is 4.17. The van der Waals surface area contributed by atoms with E-state index < -0.39 is 0 Å². The minimum Gasteiger partial charge on any atom is -0.451 e. The van der Waals surface area contributed by atoms with Crippen molar-refractivity contribution in [3.05, 3.63) is 70.9 Å².